The van der Waals surface area contributed by atoms with E-state index in [2.05, 4.69) is 23.6 Å². The molecule has 6 heteroatoms. The Hall–Kier alpha value is -0.240. The maximum absolute atomic E-state index is 8.73. The van der Waals surface area contributed by atoms with E-state index in [-0.39, 0.29) is 19.4 Å². The van der Waals surface area contributed by atoms with Gasteiger partial charge in [0.2, 0.25) is 0 Å². The smallest absolute Gasteiger partial charge is 0.113 e. The van der Waals surface area contributed by atoms with Gasteiger partial charge in [-0.25, -0.2) is 0 Å². The molecule has 2 saturated heterocycles. The lowest BCUT2D eigenvalue weighted by atomic mass is 10.2. The molecule has 0 spiro atoms. The molecule has 2 aliphatic rings. The highest BCUT2D eigenvalue weighted by atomic mass is 16.5. The van der Waals surface area contributed by atoms with Crippen molar-refractivity contribution in [1.82, 2.24) is 9.80 Å². The molecule has 0 aromatic rings. The first-order valence-corrected chi connectivity index (χ1v) is 7.06. The highest BCUT2D eigenvalue weighted by Gasteiger charge is 2.26. The van der Waals surface area contributed by atoms with Crippen LogP contribution in [0, 0.1) is 5.92 Å². The summed E-state index contributed by atoms with van der Waals surface area (Å²) in [6.45, 7) is 10.5. The van der Waals surface area contributed by atoms with E-state index in [1.807, 2.05) is 0 Å². The summed E-state index contributed by atoms with van der Waals surface area (Å²) in [7, 11) is 0. The number of β-amino-alcohol motifs (C(OH)–C–C–N with tert-alkyl or cyclic N) is 2. The van der Waals surface area contributed by atoms with Crippen molar-refractivity contribution < 1.29 is 19.7 Å². The van der Waals surface area contributed by atoms with Gasteiger partial charge in [0, 0.05) is 26.2 Å². The molecule has 2 fully saturated rings. The van der Waals surface area contributed by atoms with Crippen LogP contribution in [0.1, 0.15) is 13.8 Å². The fraction of sp³-hybridized carbons (Fsp3) is 1.00. The second-order valence-corrected chi connectivity index (χ2v) is 5.14. The van der Waals surface area contributed by atoms with Gasteiger partial charge in [-0.05, 0) is 5.92 Å². The largest absolute Gasteiger partial charge is 0.395 e. The number of ether oxygens (including phenoxy) is 2. The summed E-state index contributed by atoms with van der Waals surface area (Å²) in [4.78, 5) is 4.25. The lowest BCUT2D eigenvalue weighted by Gasteiger charge is -2.24. The zero-order valence-corrected chi connectivity index (χ0v) is 12.1. The second kappa shape index (κ2) is 9.63. The Balaban J connectivity index is 0.000000200. The first kappa shape index (κ1) is 16.8. The fourth-order valence-electron chi connectivity index (χ4n) is 2.27. The minimum absolute atomic E-state index is 0.224. The zero-order chi connectivity index (χ0) is 14.1. The van der Waals surface area contributed by atoms with Crippen molar-refractivity contribution in [1.29, 1.82) is 0 Å². The van der Waals surface area contributed by atoms with Crippen molar-refractivity contribution in [2.75, 3.05) is 59.3 Å². The zero-order valence-electron chi connectivity index (χ0n) is 12.1. The molecule has 2 aliphatic heterocycles. The van der Waals surface area contributed by atoms with Crippen molar-refractivity contribution in [2.24, 2.45) is 5.92 Å². The van der Waals surface area contributed by atoms with E-state index in [1.165, 1.54) is 0 Å². The molecule has 2 rings (SSSR count). The van der Waals surface area contributed by atoms with Crippen molar-refractivity contribution in [3.05, 3.63) is 0 Å². The van der Waals surface area contributed by atoms with E-state index < -0.39 is 0 Å². The van der Waals surface area contributed by atoms with E-state index in [1.54, 1.807) is 0 Å². The molecule has 0 aliphatic carbocycles. The van der Waals surface area contributed by atoms with Crippen LogP contribution in [0.15, 0.2) is 0 Å². The number of aliphatic hydroxyl groups excluding tert-OH is 2. The topological polar surface area (TPSA) is 65.4 Å². The number of hydrogen-bond acceptors (Lipinski definition) is 6. The van der Waals surface area contributed by atoms with Gasteiger partial charge in [0.15, 0.2) is 0 Å². The number of nitrogens with zero attached hydrogens (tertiary/aromatic N) is 2. The molecule has 0 saturated carbocycles. The quantitative estimate of drug-likeness (QED) is 0.710. The molecule has 0 amide bonds. The van der Waals surface area contributed by atoms with Gasteiger partial charge in [-0.3, -0.25) is 9.80 Å². The average Bonchev–Trinajstić information content (AvgIpc) is 3.02. The molecule has 0 aromatic heterocycles. The van der Waals surface area contributed by atoms with Crippen LogP contribution in [-0.2, 0) is 9.47 Å². The minimum Gasteiger partial charge on any atom is -0.395 e. The predicted molar refractivity (Wildman–Crippen MR) is 72.7 cm³/mol. The molecule has 19 heavy (non-hydrogen) atoms. The SMILES string of the molecule is CC(C)C1OCCN1CCO.OCCN1CCOC1. The van der Waals surface area contributed by atoms with Gasteiger partial charge in [0.25, 0.3) is 0 Å². The molecule has 0 aromatic carbocycles. The van der Waals surface area contributed by atoms with E-state index in [0.717, 1.165) is 39.4 Å². The molecule has 114 valence electrons. The number of rotatable bonds is 5. The maximum atomic E-state index is 8.73. The van der Waals surface area contributed by atoms with Crippen LogP contribution >= 0.6 is 0 Å². The molecule has 0 bridgehead atoms. The molecule has 0 radical (unpaired) electrons. The number of hydrogen-bond donors (Lipinski definition) is 2. The molecular formula is C13H28N2O4. The third-order valence-electron chi connectivity index (χ3n) is 3.23. The van der Waals surface area contributed by atoms with Gasteiger partial charge in [-0.1, -0.05) is 13.8 Å². The summed E-state index contributed by atoms with van der Waals surface area (Å²) in [6, 6.07) is 0. The van der Waals surface area contributed by atoms with Gasteiger partial charge in [0.05, 0.1) is 33.2 Å². The van der Waals surface area contributed by atoms with Crippen LogP contribution in [0.2, 0.25) is 0 Å². The Morgan fingerprint density at radius 1 is 1.11 bits per heavy atom. The third kappa shape index (κ3) is 6.16. The van der Waals surface area contributed by atoms with E-state index in [0.29, 0.717) is 12.6 Å². The first-order chi connectivity index (χ1) is 9.19. The van der Waals surface area contributed by atoms with Crippen LogP contribution in [0.5, 0.6) is 0 Å². The monoisotopic (exact) mass is 276 g/mol. The summed E-state index contributed by atoms with van der Waals surface area (Å²) < 4.78 is 10.5. The first-order valence-electron chi connectivity index (χ1n) is 7.06. The third-order valence-corrected chi connectivity index (χ3v) is 3.23. The summed E-state index contributed by atoms with van der Waals surface area (Å²) in [5.74, 6) is 0.518. The van der Waals surface area contributed by atoms with Crippen LogP contribution in [0.4, 0.5) is 0 Å². The van der Waals surface area contributed by atoms with Gasteiger partial charge < -0.3 is 19.7 Å². The van der Waals surface area contributed by atoms with Gasteiger partial charge in [0.1, 0.15) is 6.23 Å². The Bertz CT molecular complexity index is 223. The fourth-order valence-corrected chi connectivity index (χ4v) is 2.27. The maximum Gasteiger partial charge on any atom is 0.113 e. The molecule has 2 heterocycles. The second-order valence-electron chi connectivity index (χ2n) is 5.14. The van der Waals surface area contributed by atoms with Crippen molar-refractivity contribution >= 4 is 0 Å². The van der Waals surface area contributed by atoms with Gasteiger partial charge in [-0.2, -0.15) is 0 Å². The van der Waals surface area contributed by atoms with Crippen LogP contribution < -0.4 is 0 Å². The Labute approximate surface area is 115 Å². The summed E-state index contributed by atoms with van der Waals surface area (Å²) >= 11 is 0. The predicted octanol–water partition coefficient (Wildman–Crippen LogP) is -0.439. The van der Waals surface area contributed by atoms with Crippen molar-refractivity contribution in [3.8, 4) is 0 Å². The highest BCUT2D eigenvalue weighted by molar-refractivity contribution is 4.71. The van der Waals surface area contributed by atoms with E-state index >= 15 is 0 Å². The summed E-state index contributed by atoms with van der Waals surface area (Å²) in [5, 5.41) is 17.2. The molecule has 6 nitrogen and oxygen atoms in total. The van der Waals surface area contributed by atoms with Gasteiger partial charge >= 0.3 is 0 Å². The van der Waals surface area contributed by atoms with Crippen LogP contribution in [0.3, 0.4) is 0 Å². The Kier molecular flexibility index (Phi) is 8.52. The van der Waals surface area contributed by atoms with Crippen LogP contribution in [-0.4, -0.2) is 85.6 Å². The minimum atomic E-state index is 0.224. The van der Waals surface area contributed by atoms with E-state index in [9.17, 15) is 0 Å². The van der Waals surface area contributed by atoms with E-state index in [4.69, 9.17) is 19.7 Å². The van der Waals surface area contributed by atoms with Crippen LogP contribution in [0.25, 0.3) is 0 Å². The Morgan fingerprint density at radius 2 is 1.84 bits per heavy atom. The number of aliphatic hydroxyl groups is 2. The normalized spacial score (nSPS) is 24.8. The molecular weight excluding hydrogens is 248 g/mol. The Morgan fingerprint density at radius 3 is 2.37 bits per heavy atom. The lowest BCUT2D eigenvalue weighted by Crippen LogP contribution is -2.36. The summed E-state index contributed by atoms with van der Waals surface area (Å²) in [6.07, 6.45) is 0.224. The van der Waals surface area contributed by atoms with Crippen molar-refractivity contribution in [2.45, 2.75) is 20.1 Å². The van der Waals surface area contributed by atoms with Gasteiger partial charge in [-0.15, -0.1) is 0 Å². The highest BCUT2D eigenvalue weighted by Crippen LogP contribution is 2.16. The average molecular weight is 276 g/mol. The standard InChI is InChI=1S/C8H17NO2.C5H11NO2/c1-7(2)8-9(3-5-10)4-6-11-8;7-3-1-6-2-4-8-5-6/h7-8,10H,3-6H2,1-2H3;7H,1-5H2. The molecule has 2 N–H and O–H groups in total. The summed E-state index contributed by atoms with van der Waals surface area (Å²) in [5.41, 5.74) is 0. The molecule has 1 atom stereocenters. The molecule has 1 unspecified atom stereocenters. The lowest BCUT2D eigenvalue weighted by molar-refractivity contribution is -0.00721. The van der Waals surface area contributed by atoms with Crippen molar-refractivity contribution in [3.63, 3.8) is 0 Å².